The predicted octanol–water partition coefficient (Wildman–Crippen LogP) is 2.52. The molecular formula is C14H25ClN2O. The van der Waals surface area contributed by atoms with Gasteiger partial charge in [0.05, 0.1) is 0 Å². The van der Waals surface area contributed by atoms with Crippen LogP contribution in [-0.2, 0) is 4.79 Å². The molecule has 1 saturated heterocycles. The number of hydrogen-bond acceptors (Lipinski definition) is 2. The highest BCUT2D eigenvalue weighted by atomic mass is 35.5. The number of nitrogens with zero attached hydrogens (tertiary/aromatic N) is 1. The molecule has 1 fully saturated rings. The molecular weight excluding hydrogens is 248 g/mol. The van der Waals surface area contributed by atoms with Gasteiger partial charge in [-0.25, -0.2) is 0 Å². The van der Waals surface area contributed by atoms with Crippen LogP contribution in [0.5, 0.6) is 0 Å². The first-order valence-corrected chi connectivity index (χ1v) is 6.47. The lowest BCUT2D eigenvalue weighted by molar-refractivity contribution is -0.138. The van der Waals surface area contributed by atoms with Crippen molar-refractivity contribution in [3.63, 3.8) is 0 Å². The molecule has 0 saturated carbocycles. The van der Waals surface area contributed by atoms with Gasteiger partial charge in [0.25, 0.3) is 0 Å². The van der Waals surface area contributed by atoms with E-state index in [1.54, 1.807) is 0 Å². The highest BCUT2D eigenvalue weighted by molar-refractivity contribution is 5.85. The van der Waals surface area contributed by atoms with E-state index in [2.05, 4.69) is 13.2 Å². The van der Waals surface area contributed by atoms with E-state index in [0.29, 0.717) is 6.54 Å². The van der Waals surface area contributed by atoms with Crippen LogP contribution in [0.3, 0.4) is 0 Å². The highest BCUT2D eigenvalue weighted by Crippen LogP contribution is 2.21. The Morgan fingerprint density at radius 3 is 2.44 bits per heavy atom. The molecule has 1 amide bonds. The summed E-state index contributed by atoms with van der Waals surface area (Å²) >= 11 is 0. The van der Waals surface area contributed by atoms with Gasteiger partial charge >= 0.3 is 0 Å². The van der Waals surface area contributed by atoms with Gasteiger partial charge in [0.1, 0.15) is 0 Å². The smallest absolute Gasteiger partial charge is 0.226 e. The van der Waals surface area contributed by atoms with Crippen molar-refractivity contribution < 1.29 is 4.79 Å². The molecule has 0 aliphatic carbocycles. The number of nitrogens with two attached hydrogens (primary N) is 1. The first-order chi connectivity index (χ1) is 8.24. The second-order valence-corrected chi connectivity index (χ2v) is 4.66. The molecule has 0 radical (unpaired) electrons. The Morgan fingerprint density at radius 1 is 1.33 bits per heavy atom. The number of likely N-dealkylation sites (tertiary alicyclic amines) is 1. The summed E-state index contributed by atoms with van der Waals surface area (Å²) in [6.07, 6.45) is 8.38. The van der Waals surface area contributed by atoms with Gasteiger partial charge in [-0.3, -0.25) is 4.79 Å². The van der Waals surface area contributed by atoms with E-state index in [1.807, 2.05) is 17.1 Å². The molecule has 18 heavy (non-hydrogen) atoms. The van der Waals surface area contributed by atoms with E-state index in [4.69, 9.17) is 5.73 Å². The van der Waals surface area contributed by atoms with Crippen molar-refractivity contribution in [3.05, 3.63) is 25.3 Å². The Balaban J connectivity index is 0.00000289. The predicted molar refractivity (Wildman–Crippen MR) is 78.8 cm³/mol. The lowest BCUT2D eigenvalue weighted by Crippen LogP contribution is -2.49. The Hall–Kier alpha value is -0.800. The van der Waals surface area contributed by atoms with Crippen LogP contribution in [-0.4, -0.2) is 29.9 Å². The molecule has 0 aromatic rings. The average Bonchev–Trinajstić information content (AvgIpc) is 2.37. The summed E-state index contributed by atoms with van der Waals surface area (Å²) in [5.41, 5.74) is 5.75. The maximum Gasteiger partial charge on any atom is 0.226 e. The fourth-order valence-electron chi connectivity index (χ4n) is 2.47. The van der Waals surface area contributed by atoms with Crippen molar-refractivity contribution in [2.24, 2.45) is 11.7 Å². The first-order valence-electron chi connectivity index (χ1n) is 6.47. The van der Waals surface area contributed by atoms with Crippen LogP contribution in [0.2, 0.25) is 0 Å². The van der Waals surface area contributed by atoms with Gasteiger partial charge in [0.15, 0.2) is 0 Å². The molecule has 1 aliphatic rings. The van der Waals surface area contributed by atoms with Gasteiger partial charge in [-0.2, -0.15) is 0 Å². The van der Waals surface area contributed by atoms with Gasteiger partial charge in [-0.15, -0.1) is 25.6 Å². The van der Waals surface area contributed by atoms with Gasteiger partial charge in [-0.1, -0.05) is 12.2 Å². The normalized spacial score (nSPS) is 19.2. The molecule has 0 aromatic carbocycles. The van der Waals surface area contributed by atoms with Crippen LogP contribution in [0.25, 0.3) is 0 Å². The molecule has 2 N–H and O–H groups in total. The summed E-state index contributed by atoms with van der Waals surface area (Å²) in [5.74, 6) is 0.220. The quantitative estimate of drug-likeness (QED) is 0.755. The highest BCUT2D eigenvalue weighted by Gasteiger charge is 2.29. The van der Waals surface area contributed by atoms with Crippen molar-refractivity contribution in [2.75, 3.05) is 13.1 Å². The minimum absolute atomic E-state index is 0. The van der Waals surface area contributed by atoms with Crippen molar-refractivity contribution in [2.45, 2.75) is 38.1 Å². The number of piperidine rings is 1. The van der Waals surface area contributed by atoms with E-state index in [-0.39, 0.29) is 30.3 Å². The number of allylic oxidation sites excluding steroid dienone is 2. The molecule has 3 nitrogen and oxygen atoms in total. The minimum atomic E-state index is -0.00264. The van der Waals surface area contributed by atoms with Crippen molar-refractivity contribution in [1.82, 2.24) is 4.90 Å². The average molecular weight is 273 g/mol. The largest absolute Gasteiger partial charge is 0.338 e. The zero-order chi connectivity index (χ0) is 12.7. The van der Waals surface area contributed by atoms with Gasteiger partial charge in [0, 0.05) is 25.0 Å². The maximum atomic E-state index is 12.4. The molecule has 1 rings (SSSR count). The standard InChI is InChI=1S/C14H24N2O.ClH/c1-3-7-12(8-4-2)14(17)16-10-6-5-9-13(16)11-15;/h3-4,12-13H,1-2,5-11,15H2;1H. The second-order valence-electron chi connectivity index (χ2n) is 4.66. The van der Waals surface area contributed by atoms with Crippen LogP contribution >= 0.6 is 12.4 Å². The lowest BCUT2D eigenvalue weighted by Gasteiger charge is -2.37. The summed E-state index contributed by atoms with van der Waals surface area (Å²) < 4.78 is 0. The van der Waals surface area contributed by atoms with Crippen LogP contribution in [0, 0.1) is 5.92 Å². The Kier molecular flexibility index (Phi) is 8.77. The fourth-order valence-corrected chi connectivity index (χ4v) is 2.47. The summed E-state index contributed by atoms with van der Waals surface area (Å²) in [4.78, 5) is 14.4. The molecule has 0 spiro atoms. The third kappa shape index (κ3) is 4.46. The number of rotatable bonds is 6. The second kappa shape index (κ2) is 9.17. The molecule has 104 valence electrons. The minimum Gasteiger partial charge on any atom is -0.338 e. The van der Waals surface area contributed by atoms with E-state index >= 15 is 0 Å². The Morgan fingerprint density at radius 2 is 1.94 bits per heavy atom. The van der Waals surface area contributed by atoms with Gasteiger partial charge in [-0.05, 0) is 32.1 Å². The number of hydrogen-bond donors (Lipinski definition) is 1. The summed E-state index contributed by atoms with van der Waals surface area (Å²) in [6, 6.07) is 0.230. The molecule has 0 aromatic heterocycles. The molecule has 1 unspecified atom stereocenters. The third-order valence-corrected chi connectivity index (χ3v) is 3.43. The number of carbonyl (C=O) groups is 1. The lowest BCUT2D eigenvalue weighted by atomic mass is 9.95. The van der Waals surface area contributed by atoms with E-state index in [9.17, 15) is 4.79 Å². The number of amides is 1. The van der Waals surface area contributed by atoms with Crippen LogP contribution in [0.4, 0.5) is 0 Å². The number of halogens is 1. The Labute approximate surface area is 117 Å². The van der Waals surface area contributed by atoms with E-state index in [1.165, 1.54) is 6.42 Å². The zero-order valence-corrected chi connectivity index (χ0v) is 11.8. The van der Waals surface area contributed by atoms with E-state index < -0.39 is 0 Å². The summed E-state index contributed by atoms with van der Waals surface area (Å²) in [5, 5.41) is 0. The number of carbonyl (C=O) groups excluding carboxylic acids is 1. The summed E-state index contributed by atoms with van der Waals surface area (Å²) in [7, 11) is 0. The maximum absolute atomic E-state index is 12.4. The van der Waals surface area contributed by atoms with Crippen molar-refractivity contribution in [1.29, 1.82) is 0 Å². The zero-order valence-electron chi connectivity index (χ0n) is 11.0. The van der Waals surface area contributed by atoms with Crippen LogP contribution in [0.1, 0.15) is 32.1 Å². The molecule has 1 atom stereocenters. The molecule has 1 heterocycles. The van der Waals surface area contributed by atoms with Crippen molar-refractivity contribution >= 4 is 18.3 Å². The topological polar surface area (TPSA) is 46.3 Å². The molecule has 0 bridgehead atoms. The van der Waals surface area contributed by atoms with Gasteiger partial charge in [0.2, 0.25) is 5.91 Å². The third-order valence-electron chi connectivity index (χ3n) is 3.43. The molecule has 4 heteroatoms. The van der Waals surface area contributed by atoms with E-state index in [0.717, 1.165) is 32.2 Å². The Bertz CT molecular complexity index is 271. The van der Waals surface area contributed by atoms with Crippen LogP contribution < -0.4 is 5.73 Å². The summed E-state index contributed by atoms with van der Waals surface area (Å²) in [6.45, 7) is 8.86. The monoisotopic (exact) mass is 272 g/mol. The van der Waals surface area contributed by atoms with Gasteiger partial charge < -0.3 is 10.6 Å². The SMILES string of the molecule is C=CCC(CC=C)C(=O)N1CCCCC1CN.Cl. The van der Waals surface area contributed by atoms with Crippen molar-refractivity contribution in [3.8, 4) is 0 Å². The van der Waals surface area contributed by atoms with Crippen LogP contribution in [0.15, 0.2) is 25.3 Å². The molecule has 1 aliphatic heterocycles. The first kappa shape index (κ1) is 17.2. The fraction of sp³-hybridized carbons (Fsp3) is 0.643.